The summed E-state index contributed by atoms with van der Waals surface area (Å²) < 4.78 is 25.8. The van der Waals surface area contributed by atoms with E-state index >= 15 is 0 Å². The molecule has 1 aromatic carbocycles. The highest BCUT2D eigenvalue weighted by molar-refractivity contribution is 5.94. The minimum Gasteiger partial charge on any atom is -0.334 e. The van der Waals surface area contributed by atoms with Gasteiger partial charge in [-0.2, -0.15) is 0 Å². The van der Waals surface area contributed by atoms with Crippen molar-refractivity contribution < 1.29 is 13.6 Å². The zero-order valence-corrected chi connectivity index (χ0v) is 10.6. The highest BCUT2D eigenvalue weighted by Gasteiger charge is 2.28. The van der Waals surface area contributed by atoms with Crippen LogP contribution in [0.1, 0.15) is 23.2 Å². The monoisotopic (exact) mass is 276 g/mol. The number of hydrogen-bond donors (Lipinski definition) is 1. The van der Waals surface area contributed by atoms with E-state index in [2.05, 4.69) is 0 Å². The van der Waals surface area contributed by atoms with Gasteiger partial charge in [0.15, 0.2) is 11.6 Å². The van der Waals surface area contributed by atoms with Gasteiger partial charge >= 0.3 is 0 Å². The summed E-state index contributed by atoms with van der Waals surface area (Å²) in [5.74, 6) is -2.23. The van der Waals surface area contributed by atoms with Gasteiger partial charge in [-0.3, -0.25) is 4.79 Å². The summed E-state index contributed by atoms with van der Waals surface area (Å²) in [6, 6.07) is 3.21. The quantitative estimate of drug-likeness (QED) is 0.897. The molecule has 0 spiro atoms. The summed E-state index contributed by atoms with van der Waals surface area (Å²) in [4.78, 5) is 13.7. The van der Waals surface area contributed by atoms with Crippen LogP contribution in [0.5, 0.6) is 0 Å². The summed E-state index contributed by atoms with van der Waals surface area (Å²) >= 11 is 0. The normalized spacial score (nSPS) is 18.6. The van der Waals surface area contributed by atoms with Crippen molar-refractivity contribution in [2.45, 2.75) is 18.9 Å². The van der Waals surface area contributed by atoms with Crippen molar-refractivity contribution in [1.29, 1.82) is 0 Å². The SMILES string of the molecule is Cl.NCC1CCCN1C(=O)c1ccc(F)c(F)c1. The Morgan fingerprint density at radius 2 is 2.11 bits per heavy atom. The number of likely N-dealkylation sites (tertiary alicyclic amines) is 1. The lowest BCUT2D eigenvalue weighted by atomic mass is 10.1. The first kappa shape index (κ1) is 14.9. The average molecular weight is 277 g/mol. The maximum atomic E-state index is 13.0. The van der Waals surface area contributed by atoms with Gasteiger partial charge in [0.25, 0.3) is 5.91 Å². The second-order valence-corrected chi connectivity index (χ2v) is 4.16. The molecular formula is C12H15ClF2N2O. The van der Waals surface area contributed by atoms with E-state index in [1.54, 1.807) is 4.90 Å². The van der Waals surface area contributed by atoms with Crippen LogP contribution in [0.4, 0.5) is 8.78 Å². The Balaban J connectivity index is 0.00000162. The lowest BCUT2D eigenvalue weighted by Crippen LogP contribution is -2.39. The number of carbonyl (C=O) groups excluding carboxylic acids is 1. The number of carbonyl (C=O) groups is 1. The Kier molecular flexibility index (Phi) is 5.04. The molecule has 0 radical (unpaired) electrons. The van der Waals surface area contributed by atoms with Gasteiger partial charge < -0.3 is 10.6 Å². The highest BCUT2D eigenvalue weighted by Crippen LogP contribution is 2.20. The molecule has 0 aliphatic carbocycles. The lowest BCUT2D eigenvalue weighted by molar-refractivity contribution is 0.0740. The fourth-order valence-electron chi connectivity index (χ4n) is 2.14. The van der Waals surface area contributed by atoms with Gasteiger partial charge in [-0.15, -0.1) is 12.4 Å². The molecule has 1 aromatic rings. The molecule has 6 heteroatoms. The molecule has 1 aliphatic heterocycles. The van der Waals surface area contributed by atoms with Crippen molar-refractivity contribution >= 4 is 18.3 Å². The van der Waals surface area contributed by atoms with Crippen LogP contribution in [-0.2, 0) is 0 Å². The number of amides is 1. The van der Waals surface area contributed by atoms with Gasteiger partial charge in [0.2, 0.25) is 0 Å². The Bertz CT molecular complexity index is 442. The maximum Gasteiger partial charge on any atom is 0.254 e. The van der Waals surface area contributed by atoms with Crippen LogP contribution in [0.15, 0.2) is 18.2 Å². The second-order valence-electron chi connectivity index (χ2n) is 4.16. The number of halogens is 3. The summed E-state index contributed by atoms with van der Waals surface area (Å²) in [7, 11) is 0. The molecule has 18 heavy (non-hydrogen) atoms. The Morgan fingerprint density at radius 1 is 1.39 bits per heavy atom. The second kappa shape index (κ2) is 6.11. The fraction of sp³-hybridized carbons (Fsp3) is 0.417. The first-order valence-corrected chi connectivity index (χ1v) is 5.59. The van der Waals surface area contributed by atoms with E-state index in [1.165, 1.54) is 6.07 Å². The zero-order valence-electron chi connectivity index (χ0n) is 9.73. The highest BCUT2D eigenvalue weighted by atomic mass is 35.5. The van der Waals surface area contributed by atoms with Crippen molar-refractivity contribution in [1.82, 2.24) is 4.90 Å². The number of hydrogen-bond acceptors (Lipinski definition) is 2. The summed E-state index contributed by atoms with van der Waals surface area (Å²) in [5.41, 5.74) is 5.74. The molecule has 100 valence electrons. The van der Waals surface area contributed by atoms with Crippen LogP contribution in [0, 0.1) is 11.6 Å². The number of nitrogens with two attached hydrogens (primary N) is 1. The number of benzene rings is 1. The van der Waals surface area contributed by atoms with Crippen LogP contribution < -0.4 is 5.73 Å². The molecule has 1 atom stereocenters. The van der Waals surface area contributed by atoms with E-state index < -0.39 is 11.6 Å². The predicted molar refractivity (Wildman–Crippen MR) is 66.7 cm³/mol. The molecule has 0 aromatic heterocycles. The first-order valence-electron chi connectivity index (χ1n) is 5.59. The Hall–Kier alpha value is -1.20. The molecule has 2 N–H and O–H groups in total. The molecule has 1 heterocycles. The third-order valence-electron chi connectivity index (χ3n) is 3.08. The molecular weight excluding hydrogens is 262 g/mol. The minimum atomic E-state index is -1.00. The third kappa shape index (κ3) is 2.79. The summed E-state index contributed by atoms with van der Waals surface area (Å²) in [6.07, 6.45) is 1.77. The lowest BCUT2D eigenvalue weighted by Gasteiger charge is -2.23. The maximum absolute atomic E-state index is 13.0. The van der Waals surface area contributed by atoms with E-state index in [9.17, 15) is 13.6 Å². The van der Waals surface area contributed by atoms with Crippen LogP contribution >= 0.6 is 12.4 Å². The van der Waals surface area contributed by atoms with Crippen LogP contribution in [0.2, 0.25) is 0 Å². The number of nitrogens with zero attached hydrogens (tertiary/aromatic N) is 1. The largest absolute Gasteiger partial charge is 0.334 e. The topological polar surface area (TPSA) is 46.3 Å². The van der Waals surface area contributed by atoms with Gasteiger partial charge in [-0.25, -0.2) is 8.78 Å². The first-order chi connectivity index (χ1) is 8.13. The molecule has 0 bridgehead atoms. The van der Waals surface area contributed by atoms with Crippen molar-refractivity contribution in [2.75, 3.05) is 13.1 Å². The van der Waals surface area contributed by atoms with E-state index in [-0.39, 0.29) is 29.9 Å². The molecule has 0 saturated carbocycles. The smallest absolute Gasteiger partial charge is 0.254 e. The van der Waals surface area contributed by atoms with E-state index in [1.807, 2.05) is 0 Å². The van der Waals surface area contributed by atoms with Crippen LogP contribution in [-0.4, -0.2) is 29.9 Å². The van der Waals surface area contributed by atoms with Crippen LogP contribution in [0.25, 0.3) is 0 Å². The molecule has 2 rings (SSSR count). The Labute approximate surface area is 110 Å². The molecule has 1 fully saturated rings. The van der Waals surface area contributed by atoms with E-state index in [0.29, 0.717) is 13.1 Å². The van der Waals surface area contributed by atoms with Crippen molar-refractivity contribution in [3.8, 4) is 0 Å². The molecule has 3 nitrogen and oxygen atoms in total. The van der Waals surface area contributed by atoms with Crippen LogP contribution in [0.3, 0.4) is 0 Å². The minimum absolute atomic E-state index is 0. The standard InChI is InChI=1S/C12H14F2N2O.ClH/c13-10-4-3-8(6-11(10)14)12(17)16-5-1-2-9(16)7-15;/h3-4,6,9H,1-2,5,7,15H2;1H. The van der Waals surface area contributed by atoms with Gasteiger partial charge in [0, 0.05) is 24.7 Å². The fourth-order valence-corrected chi connectivity index (χ4v) is 2.14. The summed E-state index contributed by atoms with van der Waals surface area (Å²) in [5, 5.41) is 0. The number of rotatable bonds is 2. The van der Waals surface area contributed by atoms with E-state index in [0.717, 1.165) is 25.0 Å². The Morgan fingerprint density at radius 3 is 2.72 bits per heavy atom. The zero-order chi connectivity index (χ0) is 12.4. The molecule has 1 unspecified atom stereocenters. The molecule has 1 amide bonds. The predicted octanol–water partition coefficient (Wildman–Crippen LogP) is 1.95. The van der Waals surface area contributed by atoms with Crippen molar-refractivity contribution in [3.63, 3.8) is 0 Å². The molecule has 1 aliphatic rings. The molecule has 1 saturated heterocycles. The summed E-state index contributed by atoms with van der Waals surface area (Å²) in [6.45, 7) is 1.02. The van der Waals surface area contributed by atoms with E-state index in [4.69, 9.17) is 5.73 Å². The average Bonchev–Trinajstić information content (AvgIpc) is 2.80. The van der Waals surface area contributed by atoms with Crippen molar-refractivity contribution in [2.24, 2.45) is 5.73 Å². The van der Waals surface area contributed by atoms with Gasteiger partial charge in [0.05, 0.1) is 0 Å². The third-order valence-corrected chi connectivity index (χ3v) is 3.08. The van der Waals surface area contributed by atoms with Gasteiger partial charge in [0.1, 0.15) is 0 Å². The van der Waals surface area contributed by atoms with Crippen molar-refractivity contribution in [3.05, 3.63) is 35.4 Å². The van der Waals surface area contributed by atoms with Gasteiger partial charge in [-0.1, -0.05) is 0 Å². The van der Waals surface area contributed by atoms with Gasteiger partial charge in [-0.05, 0) is 31.0 Å².